The van der Waals surface area contributed by atoms with E-state index in [9.17, 15) is 23.3 Å². The van der Waals surface area contributed by atoms with E-state index in [1.54, 1.807) is 44.2 Å². The molecule has 248 valence electrons. The monoisotopic (exact) mass is 650 g/mol. The average molecular weight is 651 g/mol. The average Bonchev–Trinajstić information content (AvgIpc) is 3.69. The van der Waals surface area contributed by atoms with Crippen LogP contribution in [0.5, 0.6) is 5.75 Å². The minimum absolute atomic E-state index is 0.172. The van der Waals surface area contributed by atoms with Gasteiger partial charge in [-0.1, -0.05) is 58.7 Å². The number of nitrogens with zero attached hydrogens (tertiary/aromatic N) is 2. The van der Waals surface area contributed by atoms with Crippen LogP contribution in [-0.2, 0) is 28.2 Å². The van der Waals surface area contributed by atoms with E-state index in [0.717, 1.165) is 36.4 Å². The maximum Gasteiger partial charge on any atom is 0.459 e. The molecule has 0 bridgehead atoms. The molecule has 3 rings (SSSR count). The Hall–Kier alpha value is -3.54. The summed E-state index contributed by atoms with van der Waals surface area (Å²) in [5.74, 6) is -2.47. The number of esters is 2. The van der Waals surface area contributed by atoms with Gasteiger partial charge in [0.05, 0.1) is 30.7 Å². The highest BCUT2D eigenvalue weighted by Gasteiger charge is 2.52. The molecule has 1 aromatic heterocycles. The fraction of sp³-hybridized carbons (Fsp3) is 0.548. The second-order valence-electron chi connectivity index (χ2n) is 11.6. The molecule has 14 heteroatoms. The Kier molecular flexibility index (Phi) is 12.9. The highest BCUT2D eigenvalue weighted by atomic mass is 31.2. The van der Waals surface area contributed by atoms with Gasteiger partial charge in [0.1, 0.15) is 18.4 Å². The molecule has 0 aliphatic heterocycles. The molecular weight excluding hydrogens is 606 g/mol. The van der Waals surface area contributed by atoms with Crippen molar-refractivity contribution in [1.82, 2.24) is 14.6 Å². The van der Waals surface area contributed by atoms with Crippen LogP contribution in [0.4, 0.5) is 10.2 Å². The van der Waals surface area contributed by atoms with Gasteiger partial charge in [0.15, 0.2) is 11.6 Å². The van der Waals surface area contributed by atoms with E-state index in [1.807, 2.05) is 0 Å². The van der Waals surface area contributed by atoms with Crippen molar-refractivity contribution in [3.8, 4) is 5.75 Å². The smallest absolute Gasteiger partial charge is 0.459 e. The van der Waals surface area contributed by atoms with E-state index in [0.29, 0.717) is 5.57 Å². The van der Waals surface area contributed by atoms with Crippen molar-refractivity contribution >= 4 is 31.7 Å². The number of carbonyl (C=O) groups is 2. The van der Waals surface area contributed by atoms with E-state index in [1.165, 1.54) is 13.1 Å². The fourth-order valence-electron chi connectivity index (χ4n) is 4.59. The molecule has 0 amide bonds. The van der Waals surface area contributed by atoms with Gasteiger partial charge in [0.25, 0.3) is 0 Å². The number of carbonyl (C=O) groups excluding carboxylic acids is 2. The maximum atomic E-state index is 14.1. The normalized spacial score (nSPS) is 18.9. The Morgan fingerprint density at radius 3 is 2.40 bits per heavy atom. The number of nitrogen functional groups attached to an aromatic ring is 1. The first-order chi connectivity index (χ1) is 21.3. The van der Waals surface area contributed by atoms with Crippen LogP contribution >= 0.6 is 7.75 Å². The van der Waals surface area contributed by atoms with Gasteiger partial charge in [-0.05, 0) is 49.8 Å². The number of hydrogen-bond acceptors (Lipinski definition) is 10. The molecule has 1 aliphatic carbocycles. The number of hydrogen-bond donors (Lipinski definition) is 2. The third kappa shape index (κ3) is 10.5. The van der Waals surface area contributed by atoms with Gasteiger partial charge in [-0.2, -0.15) is 10.1 Å². The number of nitrogens with two attached hydrogens (primary N) is 1. The van der Waals surface area contributed by atoms with Crippen LogP contribution in [0.25, 0.3) is 6.20 Å². The van der Waals surface area contributed by atoms with E-state index in [2.05, 4.69) is 23.9 Å². The van der Waals surface area contributed by atoms with Crippen LogP contribution in [0.15, 0.2) is 46.9 Å². The molecule has 12 nitrogen and oxygen atoms in total. The minimum atomic E-state index is -4.26. The summed E-state index contributed by atoms with van der Waals surface area (Å²) < 4.78 is 51.8. The van der Waals surface area contributed by atoms with Gasteiger partial charge < -0.3 is 19.7 Å². The van der Waals surface area contributed by atoms with Crippen molar-refractivity contribution in [2.24, 2.45) is 17.3 Å². The number of benzene rings is 1. The first-order valence-corrected chi connectivity index (χ1v) is 16.7. The highest BCUT2D eigenvalue weighted by Crippen LogP contribution is 2.56. The molecule has 1 fully saturated rings. The molecule has 0 radical (unpaired) electrons. The Labute approximate surface area is 263 Å². The van der Waals surface area contributed by atoms with Crippen LogP contribution in [-0.4, -0.2) is 47.4 Å². The third-order valence-electron chi connectivity index (χ3n) is 7.32. The first-order valence-electron chi connectivity index (χ1n) is 15.2. The van der Waals surface area contributed by atoms with Crippen molar-refractivity contribution in [1.29, 1.82) is 0 Å². The standard InChI is InChI=1S/C31H44FN4O8P/c1-6-11-23(12-7-2)18-41-29(38)22(5)35-45(40,44-25-13-9-8-10-14-25)43-20-31(19-42-28(37)21(3)4)15-24(31)16-36-17-26(32)27(33)34-30(36)39/h8-10,13-14,16-17,21-23H,6-7,11-12,15,18-20H2,1-5H3,(H,35,40)(H2,33,34,39)/b24-16-/t22-,31?,45?/m0/s1. The number of para-hydroxylation sites is 1. The third-order valence-corrected chi connectivity index (χ3v) is 8.94. The summed E-state index contributed by atoms with van der Waals surface area (Å²) in [4.78, 5) is 41.0. The van der Waals surface area contributed by atoms with Crippen LogP contribution in [0.3, 0.4) is 0 Å². The maximum absolute atomic E-state index is 14.1. The van der Waals surface area contributed by atoms with Gasteiger partial charge in [-0.3, -0.25) is 18.7 Å². The molecule has 1 heterocycles. The Bertz CT molecular complexity index is 1440. The summed E-state index contributed by atoms with van der Waals surface area (Å²) >= 11 is 0. The molecule has 2 unspecified atom stereocenters. The summed E-state index contributed by atoms with van der Waals surface area (Å²) in [7, 11) is -4.26. The molecule has 1 saturated carbocycles. The number of anilines is 1. The summed E-state index contributed by atoms with van der Waals surface area (Å²) in [5.41, 5.74) is 4.11. The van der Waals surface area contributed by atoms with Crippen LogP contribution < -0.4 is 21.0 Å². The van der Waals surface area contributed by atoms with E-state index < -0.39 is 54.4 Å². The summed E-state index contributed by atoms with van der Waals surface area (Å²) in [6.45, 7) is 8.78. The Morgan fingerprint density at radius 1 is 1.11 bits per heavy atom. The lowest BCUT2D eigenvalue weighted by Crippen LogP contribution is -2.36. The molecule has 0 saturated heterocycles. The lowest BCUT2D eigenvalue weighted by atomic mass is 9.99. The number of halogens is 1. The van der Waals surface area contributed by atoms with Gasteiger partial charge >= 0.3 is 25.4 Å². The van der Waals surface area contributed by atoms with Crippen LogP contribution in [0, 0.1) is 23.1 Å². The quantitative estimate of drug-likeness (QED) is 0.158. The van der Waals surface area contributed by atoms with Crippen molar-refractivity contribution in [2.75, 3.05) is 25.6 Å². The molecule has 1 aliphatic rings. The summed E-state index contributed by atoms with van der Waals surface area (Å²) in [6.07, 6.45) is 6.28. The van der Waals surface area contributed by atoms with Gasteiger partial charge in [-0.25, -0.2) is 13.8 Å². The van der Waals surface area contributed by atoms with Gasteiger partial charge in [0.2, 0.25) is 0 Å². The van der Waals surface area contributed by atoms with Gasteiger partial charge in [0, 0.05) is 6.20 Å². The molecule has 0 spiro atoms. The summed E-state index contributed by atoms with van der Waals surface area (Å²) in [6, 6.07) is 7.23. The van der Waals surface area contributed by atoms with E-state index in [-0.39, 0.29) is 37.9 Å². The zero-order chi connectivity index (χ0) is 33.2. The minimum Gasteiger partial charge on any atom is -0.464 e. The number of aromatic nitrogens is 2. The molecular formula is C31H44FN4O8P. The predicted octanol–water partition coefficient (Wildman–Crippen LogP) is 5.34. The van der Waals surface area contributed by atoms with Crippen molar-refractivity contribution < 1.29 is 37.1 Å². The second-order valence-corrected chi connectivity index (χ2v) is 13.3. The highest BCUT2D eigenvalue weighted by molar-refractivity contribution is 7.52. The molecule has 3 atom stereocenters. The largest absolute Gasteiger partial charge is 0.464 e. The molecule has 3 N–H and O–H groups in total. The van der Waals surface area contributed by atoms with Crippen molar-refractivity contribution in [2.45, 2.75) is 72.8 Å². The van der Waals surface area contributed by atoms with E-state index >= 15 is 0 Å². The Balaban J connectivity index is 1.83. The van der Waals surface area contributed by atoms with Crippen molar-refractivity contribution in [3.05, 3.63) is 58.4 Å². The first kappa shape index (κ1) is 35.9. The lowest BCUT2D eigenvalue weighted by Gasteiger charge is -2.25. The predicted molar refractivity (Wildman–Crippen MR) is 167 cm³/mol. The molecule has 45 heavy (non-hydrogen) atoms. The van der Waals surface area contributed by atoms with Crippen LogP contribution in [0.2, 0.25) is 0 Å². The van der Waals surface area contributed by atoms with Crippen LogP contribution in [0.1, 0.15) is 66.7 Å². The number of ether oxygens (including phenoxy) is 2. The van der Waals surface area contributed by atoms with Crippen molar-refractivity contribution in [3.63, 3.8) is 0 Å². The second kappa shape index (κ2) is 16.1. The van der Waals surface area contributed by atoms with Gasteiger partial charge in [-0.15, -0.1) is 0 Å². The topological polar surface area (TPSA) is 161 Å². The fourth-order valence-corrected chi connectivity index (χ4v) is 6.16. The zero-order valence-electron chi connectivity index (χ0n) is 26.5. The summed E-state index contributed by atoms with van der Waals surface area (Å²) in [5, 5.41) is 2.68. The number of rotatable bonds is 18. The Morgan fingerprint density at radius 2 is 1.78 bits per heavy atom. The SMILES string of the molecule is CCCC(CCC)COC(=O)[C@H](C)NP(=O)(OCC1(COC(=O)C(C)C)C/C1=C/n1cc(F)c(N)nc1=O)Oc1ccccc1. The zero-order valence-corrected chi connectivity index (χ0v) is 27.4. The van der Waals surface area contributed by atoms with E-state index in [4.69, 9.17) is 24.3 Å². The number of nitrogens with one attached hydrogen (secondary N) is 1. The lowest BCUT2D eigenvalue weighted by molar-refractivity contribution is -0.149. The molecule has 1 aromatic carbocycles. The molecule has 2 aromatic rings.